The summed E-state index contributed by atoms with van der Waals surface area (Å²) in [5.41, 5.74) is 0.548. The summed E-state index contributed by atoms with van der Waals surface area (Å²) in [6.07, 6.45) is 1.91. The summed E-state index contributed by atoms with van der Waals surface area (Å²) in [7, 11) is 0. The molecule has 98 valence electrons. The summed E-state index contributed by atoms with van der Waals surface area (Å²) in [6.45, 7) is 3.51. The van der Waals surface area contributed by atoms with Crippen molar-refractivity contribution in [2.24, 2.45) is 5.92 Å². The van der Waals surface area contributed by atoms with E-state index in [2.05, 4.69) is 0 Å². The van der Waals surface area contributed by atoms with Crippen LogP contribution in [0.2, 0.25) is 0 Å². The van der Waals surface area contributed by atoms with E-state index >= 15 is 0 Å². The molecular weight excluding hydrogens is 250 g/mol. The Bertz CT molecular complexity index is 426. The highest BCUT2D eigenvalue weighted by Gasteiger charge is 2.25. The van der Waals surface area contributed by atoms with Gasteiger partial charge in [-0.05, 0) is 43.9 Å². The van der Waals surface area contributed by atoms with Crippen molar-refractivity contribution in [3.63, 3.8) is 0 Å². The normalized spacial score (nSPS) is 18.7. The number of rotatable bonds is 2. The Labute approximate surface area is 112 Å². The molecule has 0 aliphatic carbocycles. The Hall–Kier alpha value is -1.22. The van der Waals surface area contributed by atoms with Gasteiger partial charge in [-0.2, -0.15) is 0 Å². The third-order valence-corrected chi connectivity index (χ3v) is 3.93. The number of nitrogens with zero attached hydrogens (tertiary/aromatic N) is 1. The van der Waals surface area contributed by atoms with Crippen molar-refractivity contribution >= 4 is 17.5 Å². The minimum Gasteiger partial charge on any atom is -0.508 e. The third kappa shape index (κ3) is 2.96. The van der Waals surface area contributed by atoms with Gasteiger partial charge in [0.25, 0.3) is 5.91 Å². The first-order valence-corrected chi connectivity index (χ1v) is 6.74. The van der Waals surface area contributed by atoms with Crippen LogP contribution < -0.4 is 0 Å². The van der Waals surface area contributed by atoms with Gasteiger partial charge in [0.1, 0.15) is 5.75 Å². The number of phenols is 1. The molecule has 0 spiro atoms. The van der Waals surface area contributed by atoms with Crippen molar-refractivity contribution < 1.29 is 9.90 Å². The molecule has 0 aromatic heterocycles. The molecule has 0 saturated carbocycles. The number of phenolic OH excluding ortho intramolecular Hbond substituents is 1. The van der Waals surface area contributed by atoms with Crippen molar-refractivity contribution in [3.8, 4) is 5.75 Å². The predicted octanol–water partition coefficient (Wildman–Crippen LogP) is 2.87. The van der Waals surface area contributed by atoms with E-state index < -0.39 is 0 Å². The van der Waals surface area contributed by atoms with Gasteiger partial charge in [-0.1, -0.05) is 6.07 Å². The zero-order valence-corrected chi connectivity index (χ0v) is 11.2. The van der Waals surface area contributed by atoms with Gasteiger partial charge in [0.05, 0.1) is 0 Å². The molecule has 0 bridgehead atoms. The third-order valence-electron chi connectivity index (χ3n) is 3.57. The number of carbonyl (C=O) groups is 1. The number of benzene rings is 1. The van der Waals surface area contributed by atoms with E-state index in [4.69, 9.17) is 11.6 Å². The van der Waals surface area contributed by atoms with E-state index in [9.17, 15) is 9.90 Å². The summed E-state index contributed by atoms with van der Waals surface area (Å²) in [6, 6.07) is 6.51. The molecule has 1 N–H and O–H groups in total. The number of hydrogen-bond donors (Lipinski definition) is 1. The van der Waals surface area contributed by atoms with Gasteiger partial charge in [-0.3, -0.25) is 4.79 Å². The zero-order valence-electron chi connectivity index (χ0n) is 10.5. The van der Waals surface area contributed by atoms with Crippen molar-refractivity contribution in [3.05, 3.63) is 29.8 Å². The highest BCUT2D eigenvalue weighted by molar-refractivity contribution is 6.20. The van der Waals surface area contributed by atoms with Crippen LogP contribution in [-0.2, 0) is 0 Å². The van der Waals surface area contributed by atoms with Crippen LogP contribution in [0.3, 0.4) is 0 Å². The topological polar surface area (TPSA) is 40.5 Å². The van der Waals surface area contributed by atoms with Crippen LogP contribution in [0.4, 0.5) is 0 Å². The Balaban J connectivity index is 1.99. The summed E-state index contributed by atoms with van der Waals surface area (Å²) >= 11 is 6.09. The molecule has 18 heavy (non-hydrogen) atoms. The van der Waals surface area contributed by atoms with E-state index in [1.54, 1.807) is 18.2 Å². The molecule has 1 aromatic rings. The summed E-state index contributed by atoms with van der Waals surface area (Å²) in [4.78, 5) is 14.0. The fraction of sp³-hybridized carbons (Fsp3) is 0.500. The van der Waals surface area contributed by atoms with Crippen LogP contribution in [0, 0.1) is 5.92 Å². The van der Waals surface area contributed by atoms with Gasteiger partial charge in [0.15, 0.2) is 0 Å². The fourth-order valence-corrected chi connectivity index (χ4v) is 2.64. The summed E-state index contributed by atoms with van der Waals surface area (Å²) in [5, 5.41) is 9.56. The Morgan fingerprint density at radius 1 is 1.44 bits per heavy atom. The van der Waals surface area contributed by atoms with E-state index in [1.807, 2.05) is 11.8 Å². The molecule has 1 aliphatic rings. The SMILES string of the molecule is CC(Cl)C1CCN(C(=O)c2cccc(O)c2)CC1. The van der Waals surface area contributed by atoms with Gasteiger partial charge in [-0.15, -0.1) is 11.6 Å². The van der Waals surface area contributed by atoms with Gasteiger partial charge in [0, 0.05) is 24.0 Å². The monoisotopic (exact) mass is 267 g/mol. The smallest absolute Gasteiger partial charge is 0.253 e. The average Bonchev–Trinajstić information content (AvgIpc) is 2.38. The lowest BCUT2D eigenvalue weighted by atomic mass is 9.93. The van der Waals surface area contributed by atoms with Crippen molar-refractivity contribution in [2.75, 3.05) is 13.1 Å². The molecule has 1 fully saturated rings. The summed E-state index contributed by atoms with van der Waals surface area (Å²) in [5.74, 6) is 0.622. The van der Waals surface area contributed by atoms with Gasteiger partial charge in [-0.25, -0.2) is 0 Å². The Morgan fingerprint density at radius 3 is 2.67 bits per heavy atom. The average molecular weight is 268 g/mol. The number of amides is 1. The van der Waals surface area contributed by atoms with Crippen LogP contribution in [0.25, 0.3) is 0 Å². The lowest BCUT2D eigenvalue weighted by Crippen LogP contribution is -2.40. The highest BCUT2D eigenvalue weighted by atomic mass is 35.5. The molecule has 4 heteroatoms. The lowest BCUT2D eigenvalue weighted by Gasteiger charge is -2.33. The highest BCUT2D eigenvalue weighted by Crippen LogP contribution is 2.25. The van der Waals surface area contributed by atoms with Crippen LogP contribution in [0.15, 0.2) is 24.3 Å². The molecule has 1 aliphatic heterocycles. The van der Waals surface area contributed by atoms with Crippen LogP contribution >= 0.6 is 11.6 Å². The zero-order chi connectivity index (χ0) is 13.1. The van der Waals surface area contributed by atoms with E-state index in [0.29, 0.717) is 11.5 Å². The number of halogens is 1. The van der Waals surface area contributed by atoms with Gasteiger partial charge in [0.2, 0.25) is 0 Å². The molecule has 1 heterocycles. The fourth-order valence-electron chi connectivity index (χ4n) is 2.38. The minimum atomic E-state index is -0.00780. The summed E-state index contributed by atoms with van der Waals surface area (Å²) < 4.78 is 0. The standard InChI is InChI=1S/C14H18ClNO2/c1-10(15)11-5-7-16(8-6-11)14(18)12-3-2-4-13(17)9-12/h2-4,9-11,17H,5-8H2,1H3. The van der Waals surface area contributed by atoms with Gasteiger partial charge >= 0.3 is 0 Å². The van der Waals surface area contributed by atoms with Crippen molar-refractivity contribution in [2.45, 2.75) is 25.1 Å². The second-order valence-corrected chi connectivity index (χ2v) is 5.55. The number of hydrogen-bond acceptors (Lipinski definition) is 2. The van der Waals surface area contributed by atoms with E-state index in [1.165, 1.54) is 6.07 Å². The molecule has 1 amide bonds. The molecular formula is C14H18ClNO2. The number of alkyl halides is 1. The number of piperidine rings is 1. The largest absolute Gasteiger partial charge is 0.508 e. The lowest BCUT2D eigenvalue weighted by molar-refractivity contribution is 0.0689. The van der Waals surface area contributed by atoms with Crippen LogP contribution in [0.5, 0.6) is 5.75 Å². The van der Waals surface area contributed by atoms with Crippen LogP contribution in [0.1, 0.15) is 30.1 Å². The van der Waals surface area contributed by atoms with E-state index in [-0.39, 0.29) is 17.0 Å². The Kier molecular flexibility index (Phi) is 4.12. The Morgan fingerprint density at radius 2 is 2.11 bits per heavy atom. The van der Waals surface area contributed by atoms with Crippen molar-refractivity contribution in [1.29, 1.82) is 0 Å². The molecule has 1 aromatic carbocycles. The number of likely N-dealkylation sites (tertiary alicyclic amines) is 1. The van der Waals surface area contributed by atoms with Gasteiger partial charge < -0.3 is 10.0 Å². The minimum absolute atomic E-state index is 0.00780. The first kappa shape index (κ1) is 13.2. The first-order chi connectivity index (χ1) is 8.58. The molecule has 1 unspecified atom stereocenters. The number of carbonyl (C=O) groups excluding carboxylic acids is 1. The molecule has 1 atom stereocenters. The number of aromatic hydroxyl groups is 1. The quantitative estimate of drug-likeness (QED) is 0.837. The van der Waals surface area contributed by atoms with Crippen LogP contribution in [-0.4, -0.2) is 34.4 Å². The predicted molar refractivity (Wildman–Crippen MR) is 72.0 cm³/mol. The second kappa shape index (κ2) is 5.61. The van der Waals surface area contributed by atoms with E-state index in [0.717, 1.165) is 25.9 Å². The second-order valence-electron chi connectivity index (χ2n) is 4.86. The molecule has 3 nitrogen and oxygen atoms in total. The first-order valence-electron chi connectivity index (χ1n) is 6.30. The molecule has 1 saturated heterocycles. The maximum absolute atomic E-state index is 12.2. The molecule has 2 rings (SSSR count). The maximum Gasteiger partial charge on any atom is 0.253 e. The maximum atomic E-state index is 12.2. The molecule has 0 radical (unpaired) electrons. The van der Waals surface area contributed by atoms with Crippen molar-refractivity contribution in [1.82, 2.24) is 4.90 Å².